The SMILES string of the molecule is Cl.Nc1ncc(CN2CCCC(CN3CCOCC3)C2)s1. The first-order chi connectivity index (χ1) is 9.79. The highest BCUT2D eigenvalue weighted by molar-refractivity contribution is 7.15. The predicted octanol–water partition coefficient (Wildman–Crippen LogP) is 1.69. The molecule has 0 aromatic carbocycles. The third kappa shape index (κ3) is 5.07. The first-order valence-electron chi connectivity index (χ1n) is 7.52. The highest BCUT2D eigenvalue weighted by atomic mass is 35.5. The number of likely N-dealkylation sites (tertiary alicyclic amines) is 1. The van der Waals surface area contributed by atoms with Crippen LogP contribution in [-0.2, 0) is 11.3 Å². The summed E-state index contributed by atoms with van der Waals surface area (Å²) in [6, 6.07) is 0. The standard InChI is InChI=1S/C14H24N4OS.ClH/c15-14-16-8-13(20-14)11-18-3-1-2-12(10-18)9-17-4-6-19-7-5-17;/h8,12H,1-7,9-11H2,(H2,15,16);1H. The molecule has 5 nitrogen and oxygen atoms in total. The lowest BCUT2D eigenvalue weighted by Gasteiger charge is -2.36. The van der Waals surface area contributed by atoms with Crippen LogP contribution < -0.4 is 5.73 Å². The molecule has 2 N–H and O–H groups in total. The van der Waals surface area contributed by atoms with Crippen molar-refractivity contribution in [1.29, 1.82) is 0 Å². The minimum absolute atomic E-state index is 0. The van der Waals surface area contributed by atoms with Crippen molar-refractivity contribution in [2.75, 3.05) is 51.7 Å². The number of nitrogen functional groups attached to an aromatic ring is 1. The molecule has 3 heterocycles. The van der Waals surface area contributed by atoms with E-state index in [0.29, 0.717) is 5.13 Å². The summed E-state index contributed by atoms with van der Waals surface area (Å²) in [6.45, 7) is 8.64. The molecule has 21 heavy (non-hydrogen) atoms. The van der Waals surface area contributed by atoms with Gasteiger partial charge < -0.3 is 10.5 Å². The third-order valence-corrected chi connectivity index (χ3v) is 4.99. The summed E-state index contributed by atoms with van der Waals surface area (Å²) in [5, 5.41) is 0.682. The van der Waals surface area contributed by atoms with E-state index >= 15 is 0 Å². The molecule has 2 aliphatic rings. The molecule has 0 amide bonds. The lowest BCUT2D eigenvalue weighted by atomic mass is 9.97. The molecule has 1 aromatic heterocycles. The largest absolute Gasteiger partial charge is 0.379 e. The van der Waals surface area contributed by atoms with Gasteiger partial charge in [0.1, 0.15) is 0 Å². The Morgan fingerprint density at radius 2 is 2.10 bits per heavy atom. The zero-order valence-corrected chi connectivity index (χ0v) is 14.0. The number of hydrogen-bond acceptors (Lipinski definition) is 6. The van der Waals surface area contributed by atoms with Gasteiger partial charge >= 0.3 is 0 Å². The van der Waals surface area contributed by atoms with Crippen LogP contribution in [0.1, 0.15) is 17.7 Å². The van der Waals surface area contributed by atoms with Gasteiger partial charge in [0.2, 0.25) is 0 Å². The van der Waals surface area contributed by atoms with Crippen LogP contribution in [0.5, 0.6) is 0 Å². The van der Waals surface area contributed by atoms with Crippen molar-refractivity contribution in [1.82, 2.24) is 14.8 Å². The van der Waals surface area contributed by atoms with E-state index in [2.05, 4.69) is 14.8 Å². The first kappa shape index (κ1) is 17.0. The second-order valence-corrected chi connectivity index (χ2v) is 6.97. The quantitative estimate of drug-likeness (QED) is 0.909. The van der Waals surface area contributed by atoms with E-state index in [1.54, 1.807) is 11.3 Å². The van der Waals surface area contributed by atoms with E-state index in [0.717, 1.165) is 38.8 Å². The zero-order valence-electron chi connectivity index (χ0n) is 12.4. The number of aromatic nitrogens is 1. The molecule has 1 atom stereocenters. The van der Waals surface area contributed by atoms with Gasteiger partial charge in [-0.2, -0.15) is 0 Å². The summed E-state index contributed by atoms with van der Waals surface area (Å²) in [7, 11) is 0. The van der Waals surface area contributed by atoms with Crippen molar-refractivity contribution >= 4 is 28.9 Å². The summed E-state index contributed by atoms with van der Waals surface area (Å²) in [5.74, 6) is 0.798. The molecule has 2 saturated heterocycles. The Bertz CT molecular complexity index is 425. The number of piperidine rings is 1. The molecule has 0 bridgehead atoms. The molecule has 120 valence electrons. The van der Waals surface area contributed by atoms with Crippen LogP contribution in [0.2, 0.25) is 0 Å². The average molecular weight is 333 g/mol. The predicted molar refractivity (Wildman–Crippen MR) is 89.0 cm³/mol. The van der Waals surface area contributed by atoms with Crippen LogP contribution >= 0.6 is 23.7 Å². The topological polar surface area (TPSA) is 54.6 Å². The van der Waals surface area contributed by atoms with Crippen LogP contribution in [0.15, 0.2) is 6.20 Å². The van der Waals surface area contributed by atoms with Crippen molar-refractivity contribution < 1.29 is 4.74 Å². The molecule has 7 heteroatoms. The number of halogens is 1. The summed E-state index contributed by atoms with van der Waals surface area (Å²) < 4.78 is 5.42. The lowest BCUT2D eigenvalue weighted by Crippen LogP contribution is -2.44. The minimum atomic E-state index is 0. The van der Waals surface area contributed by atoms with Crippen LogP contribution in [0.25, 0.3) is 0 Å². The summed E-state index contributed by atoms with van der Waals surface area (Å²) in [5.41, 5.74) is 5.71. The van der Waals surface area contributed by atoms with Crippen LogP contribution in [0.3, 0.4) is 0 Å². The van der Waals surface area contributed by atoms with E-state index in [-0.39, 0.29) is 12.4 Å². The van der Waals surface area contributed by atoms with Gasteiger partial charge in [0.05, 0.1) is 13.2 Å². The van der Waals surface area contributed by atoms with Crippen LogP contribution in [0, 0.1) is 5.92 Å². The maximum absolute atomic E-state index is 5.71. The summed E-state index contributed by atoms with van der Waals surface area (Å²) in [6.07, 6.45) is 4.59. The van der Waals surface area contributed by atoms with Crippen molar-refractivity contribution in [2.24, 2.45) is 5.92 Å². The molecule has 0 radical (unpaired) electrons. The number of nitrogens with zero attached hydrogens (tertiary/aromatic N) is 3. The number of ether oxygens (including phenoxy) is 1. The third-order valence-electron chi connectivity index (χ3n) is 4.17. The Kier molecular flexibility index (Phi) is 6.70. The molecular weight excluding hydrogens is 308 g/mol. The highest BCUT2D eigenvalue weighted by Gasteiger charge is 2.23. The second kappa shape index (κ2) is 8.29. The van der Waals surface area contributed by atoms with Gasteiger partial charge in [-0.25, -0.2) is 4.98 Å². The van der Waals surface area contributed by atoms with E-state index in [9.17, 15) is 0 Å². The highest BCUT2D eigenvalue weighted by Crippen LogP contribution is 2.22. The Morgan fingerprint density at radius 3 is 2.81 bits per heavy atom. The number of hydrogen-bond donors (Lipinski definition) is 1. The molecular formula is C14H25ClN4OS. The van der Waals surface area contributed by atoms with Gasteiger partial charge in [0.25, 0.3) is 0 Å². The van der Waals surface area contributed by atoms with Gasteiger partial charge in [-0.15, -0.1) is 23.7 Å². The number of morpholine rings is 1. The molecule has 2 fully saturated rings. The molecule has 3 rings (SSSR count). The number of nitrogens with two attached hydrogens (primary N) is 1. The van der Waals surface area contributed by atoms with Gasteiger partial charge in [0, 0.05) is 43.8 Å². The minimum Gasteiger partial charge on any atom is -0.379 e. The normalized spacial score (nSPS) is 24.7. The van der Waals surface area contributed by atoms with Crippen molar-refractivity contribution in [3.8, 4) is 0 Å². The summed E-state index contributed by atoms with van der Waals surface area (Å²) in [4.78, 5) is 10.5. The van der Waals surface area contributed by atoms with Crippen LogP contribution in [0.4, 0.5) is 5.13 Å². The number of anilines is 1. The molecule has 0 spiro atoms. The van der Waals surface area contributed by atoms with Gasteiger partial charge in [-0.1, -0.05) is 0 Å². The Balaban J connectivity index is 0.00000161. The fraction of sp³-hybridized carbons (Fsp3) is 0.786. The van der Waals surface area contributed by atoms with Crippen molar-refractivity contribution in [2.45, 2.75) is 19.4 Å². The van der Waals surface area contributed by atoms with Gasteiger partial charge in [-0.3, -0.25) is 9.80 Å². The number of thiazole rings is 1. The molecule has 0 saturated carbocycles. The monoisotopic (exact) mass is 332 g/mol. The first-order valence-corrected chi connectivity index (χ1v) is 8.34. The molecule has 1 unspecified atom stereocenters. The van der Waals surface area contributed by atoms with Gasteiger partial charge in [-0.05, 0) is 25.3 Å². The van der Waals surface area contributed by atoms with E-state index < -0.39 is 0 Å². The maximum Gasteiger partial charge on any atom is 0.180 e. The maximum atomic E-state index is 5.71. The molecule has 2 aliphatic heterocycles. The Hall–Kier alpha value is -0.400. The fourth-order valence-corrected chi connectivity index (χ4v) is 3.94. The van der Waals surface area contributed by atoms with Crippen molar-refractivity contribution in [3.05, 3.63) is 11.1 Å². The zero-order chi connectivity index (χ0) is 13.8. The van der Waals surface area contributed by atoms with E-state index in [4.69, 9.17) is 10.5 Å². The lowest BCUT2D eigenvalue weighted by molar-refractivity contribution is 0.0225. The fourth-order valence-electron chi connectivity index (χ4n) is 3.21. The van der Waals surface area contributed by atoms with E-state index in [1.807, 2.05) is 6.20 Å². The van der Waals surface area contributed by atoms with Gasteiger partial charge in [0.15, 0.2) is 5.13 Å². The smallest absolute Gasteiger partial charge is 0.180 e. The van der Waals surface area contributed by atoms with E-state index in [1.165, 1.54) is 37.4 Å². The van der Waals surface area contributed by atoms with Crippen molar-refractivity contribution in [3.63, 3.8) is 0 Å². The second-order valence-electron chi connectivity index (χ2n) is 5.82. The average Bonchev–Trinajstić information content (AvgIpc) is 2.86. The van der Waals surface area contributed by atoms with Crippen LogP contribution in [-0.4, -0.2) is 60.7 Å². The molecule has 0 aliphatic carbocycles. The molecule has 1 aromatic rings. The Labute approximate surface area is 136 Å². The number of rotatable bonds is 4. The Morgan fingerprint density at radius 1 is 1.29 bits per heavy atom. The summed E-state index contributed by atoms with van der Waals surface area (Å²) >= 11 is 1.62.